The van der Waals surface area contributed by atoms with Crippen LogP contribution in [0.25, 0.3) is 0 Å². The average Bonchev–Trinajstić information content (AvgIpc) is 2.28. The largest absolute Gasteiger partial charge is 0.0884 e. The average molecular weight is 318 g/mol. The van der Waals surface area contributed by atoms with Gasteiger partial charge in [0.05, 0.1) is 0 Å². The Morgan fingerprint density at radius 2 is 1.82 bits per heavy atom. The van der Waals surface area contributed by atoms with Crippen LogP contribution in [0.5, 0.6) is 0 Å². The fourth-order valence-corrected chi connectivity index (χ4v) is 3.42. The molecule has 0 aromatic heterocycles. The van der Waals surface area contributed by atoms with Gasteiger partial charge in [-0.3, -0.25) is 0 Å². The number of hydrogen-bond acceptors (Lipinski definition) is 0. The van der Waals surface area contributed by atoms with Crippen molar-refractivity contribution in [3.05, 3.63) is 34.9 Å². The third-order valence-electron chi connectivity index (χ3n) is 3.15. The smallest absolute Gasteiger partial charge is 0.0408 e. The van der Waals surface area contributed by atoms with E-state index in [-0.39, 0.29) is 0 Å². The third kappa shape index (κ3) is 5.44. The fraction of sp³-hybridized carbons (Fsp3) is 0.600. The van der Waals surface area contributed by atoms with E-state index in [0.717, 1.165) is 17.4 Å². The minimum atomic E-state index is 0.570. The lowest BCUT2D eigenvalue weighted by Crippen LogP contribution is -2.17. The van der Waals surface area contributed by atoms with E-state index >= 15 is 0 Å². The van der Waals surface area contributed by atoms with Crippen molar-refractivity contribution in [3.63, 3.8) is 0 Å². The first kappa shape index (κ1) is 15.0. The summed E-state index contributed by atoms with van der Waals surface area (Å²) in [6, 6.07) is 8.20. The normalized spacial score (nSPS) is 13.0. The van der Waals surface area contributed by atoms with Gasteiger partial charge in [0.15, 0.2) is 0 Å². The summed E-state index contributed by atoms with van der Waals surface area (Å²) in [4.78, 5) is 0.570. The molecule has 96 valence electrons. The summed E-state index contributed by atoms with van der Waals surface area (Å²) in [5.41, 5.74) is 1.33. The number of hydrogen-bond donors (Lipinski definition) is 0. The molecule has 1 aromatic rings. The van der Waals surface area contributed by atoms with E-state index in [2.05, 4.69) is 41.9 Å². The van der Waals surface area contributed by atoms with Crippen LogP contribution >= 0.6 is 27.5 Å². The molecule has 0 N–H and O–H groups in total. The molecule has 0 bridgehead atoms. The standard InChI is InChI=1S/C15H22BrCl/c1-3-6-13(7-4-2)15(16)11-12-8-5-9-14(17)10-12/h5,8-10,13,15H,3-4,6-7,11H2,1-2H3. The highest BCUT2D eigenvalue weighted by Gasteiger charge is 2.17. The van der Waals surface area contributed by atoms with E-state index in [4.69, 9.17) is 11.6 Å². The van der Waals surface area contributed by atoms with Crippen LogP contribution < -0.4 is 0 Å². The molecule has 0 radical (unpaired) electrons. The first-order chi connectivity index (χ1) is 8.17. The van der Waals surface area contributed by atoms with E-state index in [1.54, 1.807) is 0 Å². The van der Waals surface area contributed by atoms with Gasteiger partial charge in [-0.1, -0.05) is 66.4 Å². The second-order valence-corrected chi connectivity index (χ2v) is 6.30. The van der Waals surface area contributed by atoms with Gasteiger partial charge in [0, 0.05) is 9.85 Å². The Labute approximate surface area is 119 Å². The van der Waals surface area contributed by atoms with Gasteiger partial charge in [0.1, 0.15) is 0 Å². The minimum absolute atomic E-state index is 0.570. The predicted octanol–water partition coefficient (Wildman–Crippen LogP) is 5.86. The summed E-state index contributed by atoms with van der Waals surface area (Å²) in [6.07, 6.45) is 6.23. The second-order valence-electron chi connectivity index (χ2n) is 4.69. The fourth-order valence-electron chi connectivity index (χ4n) is 2.30. The highest BCUT2D eigenvalue weighted by molar-refractivity contribution is 9.09. The highest BCUT2D eigenvalue weighted by Crippen LogP contribution is 2.27. The van der Waals surface area contributed by atoms with Crippen molar-refractivity contribution in [2.75, 3.05) is 0 Å². The zero-order chi connectivity index (χ0) is 12.7. The molecule has 0 saturated heterocycles. The summed E-state index contributed by atoms with van der Waals surface area (Å²) in [7, 11) is 0. The maximum absolute atomic E-state index is 6.01. The molecule has 2 heteroatoms. The van der Waals surface area contributed by atoms with Gasteiger partial charge in [-0.2, -0.15) is 0 Å². The van der Waals surface area contributed by atoms with Gasteiger partial charge < -0.3 is 0 Å². The predicted molar refractivity (Wildman–Crippen MR) is 81.2 cm³/mol. The van der Waals surface area contributed by atoms with Gasteiger partial charge in [-0.15, -0.1) is 0 Å². The van der Waals surface area contributed by atoms with Gasteiger partial charge in [-0.25, -0.2) is 0 Å². The van der Waals surface area contributed by atoms with Crippen LogP contribution in [0.3, 0.4) is 0 Å². The van der Waals surface area contributed by atoms with Crippen LogP contribution in [0.15, 0.2) is 24.3 Å². The van der Waals surface area contributed by atoms with Crippen LogP contribution in [-0.4, -0.2) is 4.83 Å². The van der Waals surface area contributed by atoms with Gasteiger partial charge >= 0.3 is 0 Å². The molecule has 0 heterocycles. The summed E-state index contributed by atoms with van der Waals surface area (Å²) in [6.45, 7) is 4.53. The molecule has 0 aliphatic rings. The lowest BCUT2D eigenvalue weighted by Gasteiger charge is -2.21. The van der Waals surface area contributed by atoms with E-state index in [1.807, 2.05) is 12.1 Å². The van der Waals surface area contributed by atoms with E-state index < -0.39 is 0 Å². The molecule has 1 rings (SSSR count). The van der Waals surface area contributed by atoms with Crippen molar-refractivity contribution < 1.29 is 0 Å². The van der Waals surface area contributed by atoms with Gasteiger partial charge in [-0.05, 0) is 42.9 Å². The van der Waals surface area contributed by atoms with Gasteiger partial charge in [0.2, 0.25) is 0 Å². The molecule has 1 atom stereocenters. The summed E-state index contributed by atoms with van der Waals surface area (Å²) < 4.78 is 0. The van der Waals surface area contributed by atoms with E-state index in [1.165, 1.54) is 31.2 Å². The molecular weight excluding hydrogens is 296 g/mol. The quantitative estimate of drug-likeness (QED) is 0.552. The van der Waals surface area contributed by atoms with Crippen molar-refractivity contribution in [2.45, 2.75) is 50.8 Å². The van der Waals surface area contributed by atoms with Crippen molar-refractivity contribution >= 4 is 27.5 Å². The molecular formula is C15H22BrCl. The third-order valence-corrected chi connectivity index (χ3v) is 4.46. The van der Waals surface area contributed by atoms with Crippen molar-refractivity contribution in [3.8, 4) is 0 Å². The number of alkyl halides is 1. The summed E-state index contributed by atoms with van der Waals surface area (Å²) >= 11 is 9.88. The highest BCUT2D eigenvalue weighted by atomic mass is 79.9. The molecule has 0 fully saturated rings. The second kappa shape index (κ2) is 8.16. The van der Waals surface area contributed by atoms with Crippen LogP contribution in [0.1, 0.15) is 45.1 Å². The molecule has 0 nitrogen and oxygen atoms in total. The Hall–Kier alpha value is -0.0100. The van der Waals surface area contributed by atoms with Crippen LogP contribution in [0.2, 0.25) is 5.02 Å². The van der Waals surface area contributed by atoms with E-state index in [0.29, 0.717) is 4.83 Å². The number of rotatable bonds is 7. The molecule has 1 unspecified atom stereocenters. The SMILES string of the molecule is CCCC(CCC)C(Br)Cc1cccc(Cl)c1. The topological polar surface area (TPSA) is 0 Å². The van der Waals surface area contributed by atoms with Crippen molar-refractivity contribution in [2.24, 2.45) is 5.92 Å². The first-order valence-electron chi connectivity index (χ1n) is 6.55. The number of halogens is 2. The lowest BCUT2D eigenvalue weighted by atomic mass is 9.91. The van der Waals surface area contributed by atoms with Gasteiger partial charge in [0.25, 0.3) is 0 Å². The maximum atomic E-state index is 6.01. The Morgan fingerprint density at radius 3 is 2.35 bits per heavy atom. The Morgan fingerprint density at radius 1 is 1.18 bits per heavy atom. The Balaban J connectivity index is 2.59. The first-order valence-corrected chi connectivity index (χ1v) is 7.85. The molecule has 0 spiro atoms. The zero-order valence-electron chi connectivity index (χ0n) is 10.8. The maximum Gasteiger partial charge on any atom is 0.0408 e. The molecule has 1 aromatic carbocycles. The molecule has 0 aliphatic carbocycles. The van der Waals surface area contributed by atoms with Crippen LogP contribution in [-0.2, 0) is 6.42 Å². The van der Waals surface area contributed by atoms with Crippen LogP contribution in [0, 0.1) is 5.92 Å². The monoisotopic (exact) mass is 316 g/mol. The lowest BCUT2D eigenvalue weighted by molar-refractivity contribution is 0.427. The Kier molecular flexibility index (Phi) is 7.22. The number of benzene rings is 1. The zero-order valence-corrected chi connectivity index (χ0v) is 13.1. The molecule has 17 heavy (non-hydrogen) atoms. The Bertz CT molecular complexity index is 318. The summed E-state index contributed by atoms with van der Waals surface area (Å²) in [5, 5.41) is 0.838. The van der Waals surface area contributed by atoms with Crippen molar-refractivity contribution in [1.29, 1.82) is 0 Å². The van der Waals surface area contributed by atoms with Crippen LogP contribution in [0.4, 0.5) is 0 Å². The van der Waals surface area contributed by atoms with Crippen molar-refractivity contribution in [1.82, 2.24) is 0 Å². The molecule has 0 amide bonds. The van der Waals surface area contributed by atoms with E-state index in [9.17, 15) is 0 Å². The summed E-state index contributed by atoms with van der Waals surface area (Å²) in [5.74, 6) is 0.781. The molecule has 0 aliphatic heterocycles. The molecule has 0 saturated carbocycles. The minimum Gasteiger partial charge on any atom is -0.0884 e.